The van der Waals surface area contributed by atoms with Gasteiger partial charge in [0.1, 0.15) is 11.4 Å². The first-order valence-electron chi connectivity index (χ1n) is 8.23. The van der Waals surface area contributed by atoms with E-state index in [0.29, 0.717) is 25.4 Å². The molecule has 2 aromatic rings. The van der Waals surface area contributed by atoms with E-state index < -0.39 is 11.8 Å². The summed E-state index contributed by atoms with van der Waals surface area (Å²) in [6.07, 6.45) is 1.66. The molecule has 2 heterocycles. The van der Waals surface area contributed by atoms with Crippen LogP contribution in [0.4, 0.5) is 0 Å². The van der Waals surface area contributed by atoms with E-state index in [9.17, 15) is 9.59 Å². The number of carbonyl (C=O) groups excluding carboxylic acids is 2. The van der Waals surface area contributed by atoms with Crippen molar-refractivity contribution in [2.24, 2.45) is 17.6 Å². The average Bonchev–Trinajstić information content (AvgIpc) is 3.05. The lowest BCUT2D eigenvalue weighted by molar-refractivity contribution is -0.122. The lowest BCUT2D eigenvalue weighted by atomic mass is 9.96. The number of pyridine rings is 1. The van der Waals surface area contributed by atoms with Crippen LogP contribution in [0, 0.1) is 18.8 Å². The van der Waals surface area contributed by atoms with E-state index in [1.54, 1.807) is 17.2 Å². The SMILES string of the molecule is Cc1ccc(C(=O)N2C[C@@H](COc3ccccc3)[C@H](C(N)=O)C2)nc1. The highest BCUT2D eigenvalue weighted by atomic mass is 16.5. The summed E-state index contributed by atoms with van der Waals surface area (Å²) in [4.78, 5) is 30.2. The second kappa shape index (κ2) is 7.34. The molecule has 0 saturated carbocycles. The number of hydrogen-bond donors (Lipinski definition) is 1. The maximum absolute atomic E-state index is 12.6. The molecule has 0 radical (unpaired) electrons. The number of para-hydroxylation sites is 1. The van der Waals surface area contributed by atoms with E-state index in [4.69, 9.17) is 10.5 Å². The first-order chi connectivity index (χ1) is 12.0. The van der Waals surface area contributed by atoms with Crippen LogP contribution in [0.3, 0.4) is 0 Å². The van der Waals surface area contributed by atoms with Crippen molar-refractivity contribution < 1.29 is 14.3 Å². The van der Waals surface area contributed by atoms with E-state index in [1.807, 2.05) is 43.3 Å². The smallest absolute Gasteiger partial charge is 0.272 e. The van der Waals surface area contributed by atoms with E-state index in [1.165, 1.54) is 0 Å². The lowest BCUT2D eigenvalue weighted by Gasteiger charge is -2.16. The Morgan fingerprint density at radius 3 is 2.60 bits per heavy atom. The number of primary amides is 1. The third kappa shape index (κ3) is 3.96. The number of hydrogen-bond acceptors (Lipinski definition) is 4. The van der Waals surface area contributed by atoms with Gasteiger partial charge in [-0.2, -0.15) is 0 Å². The van der Waals surface area contributed by atoms with Crippen LogP contribution in [0.1, 0.15) is 16.1 Å². The van der Waals surface area contributed by atoms with Crippen LogP contribution >= 0.6 is 0 Å². The first kappa shape index (κ1) is 17.0. The molecule has 1 saturated heterocycles. The highest BCUT2D eigenvalue weighted by molar-refractivity contribution is 5.93. The van der Waals surface area contributed by atoms with Crippen molar-refractivity contribution >= 4 is 11.8 Å². The molecular formula is C19H21N3O3. The molecule has 2 amide bonds. The predicted molar refractivity (Wildman–Crippen MR) is 93.0 cm³/mol. The van der Waals surface area contributed by atoms with Gasteiger partial charge < -0.3 is 15.4 Å². The van der Waals surface area contributed by atoms with Gasteiger partial charge in [0.05, 0.1) is 12.5 Å². The second-order valence-electron chi connectivity index (χ2n) is 6.32. The Bertz CT molecular complexity index is 746. The average molecular weight is 339 g/mol. The van der Waals surface area contributed by atoms with Gasteiger partial charge >= 0.3 is 0 Å². The second-order valence-corrected chi connectivity index (χ2v) is 6.32. The Hall–Kier alpha value is -2.89. The van der Waals surface area contributed by atoms with Crippen molar-refractivity contribution in [1.82, 2.24) is 9.88 Å². The normalized spacial score (nSPS) is 19.6. The molecule has 6 nitrogen and oxygen atoms in total. The lowest BCUT2D eigenvalue weighted by Crippen LogP contribution is -2.33. The van der Waals surface area contributed by atoms with Crippen molar-refractivity contribution in [3.63, 3.8) is 0 Å². The molecular weight excluding hydrogens is 318 g/mol. The molecule has 25 heavy (non-hydrogen) atoms. The fourth-order valence-electron chi connectivity index (χ4n) is 3.00. The molecule has 2 atom stereocenters. The molecule has 0 bridgehead atoms. The number of aromatic nitrogens is 1. The Kier molecular flexibility index (Phi) is 4.97. The summed E-state index contributed by atoms with van der Waals surface area (Å²) >= 11 is 0. The summed E-state index contributed by atoms with van der Waals surface area (Å²) in [5.74, 6) is -0.414. The van der Waals surface area contributed by atoms with Crippen LogP contribution in [0.2, 0.25) is 0 Å². The minimum absolute atomic E-state index is 0.132. The van der Waals surface area contributed by atoms with Crippen molar-refractivity contribution in [3.05, 3.63) is 59.9 Å². The number of amides is 2. The van der Waals surface area contributed by atoms with E-state index >= 15 is 0 Å². The summed E-state index contributed by atoms with van der Waals surface area (Å²) in [7, 11) is 0. The molecule has 1 aromatic heterocycles. The molecule has 3 rings (SSSR count). The monoisotopic (exact) mass is 339 g/mol. The number of benzene rings is 1. The number of ether oxygens (including phenoxy) is 1. The van der Waals surface area contributed by atoms with Gasteiger partial charge in [-0.05, 0) is 30.7 Å². The van der Waals surface area contributed by atoms with Gasteiger partial charge in [-0.3, -0.25) is 14.6 Å². The van der Waals surface area contributed by atoms with Crippen molar-refractivity contribution in [2.75, 3.05) is 19.7 Å². The van der Waals surface area contributed by atoms with Gasteiger partial charge in [0.15, 0.2) is 0 Å². The quantitative estimate of drug-likeness (QED) is 0.897. The molecule has 0 spiro atoms. The Balaban J connectivity index is 1.68. The molecule has 6 heteroatoms. The van der Waals surface area contributed by atoms with Crippen molar-refractivity contribution in [1.29, 1.82) is 0 Å². The summed E-state index contributed by atoms with van der Waals surface area (Å²) in [5, 5.41) is 0. The first-order valence-corrected chi connectivity index (χ1v) is 8.23. The highest BCUT2D eigenvalue weighted by Crippen LogP contribution is 2.25. The molecule has 1 fully saturated rings. The van der Waals surface area contributed by atoms with Crippen molar-refractivity contribution in [3.8, 4) is 5.75 Å². The van der Waals surface area contributed by atoms with Crippen LogP contribution in [0.15, 0.2) is 48.7 Å². The Morgan fingerprint density at radius 2 is 1.96 bits per heavy atom. The summed E-state index contributed by atoms with van der Waals surface area (Å²) in [5.41, 5.74) is 6.89. The number of carbonyl (C=O) groups is 2. The predicted octanol–water partition coefficient (Wildman–Crippen LogP) is 1.64. The molecule has 1 aromatic carbocycles. The Labute approximate surface area is 146 Å². The van der Waals surface area contributed by atoms with Gasteiger partial charge in [0, 0.05) is 25.2 Å². The van der Waals surface area contributed by atoms with Gasteiger partial charge in [0.25, 0.3) is 5.91 Å². The Morgan fingerprint density at radius 1 is 1.20 bits per heavy atom. The minimum atomic E-state index is -0.418. The highest BCUT2D eigenvalue weighted by Gasteiger charge is 2.39. The molecule has 0 unspecified atom stereocenters. The zero-order chi connectivity index (χ0) is 17.8. The van der Waals surface area contributed by atoms with Crippen molar-refractivity contribution in [2.45, 2.75) is 6.92 Å². The van der Waals surface area contributed by atoms with Crippen LogP contribution in [-0.2, 0) is 4.79 Å². The van der Waals surface area contributed by atoms with Crippen LogP contribution < -0.4 is 10.5 Å². The van der Waals surface area contributed by atoms with Gasteiger partial charge in [-0.25, -0.2) is 0 Å². The summed E-state index contributed by atoms with van der Waals surface area (Å²) < 4.78 is 5.76. The zero-order valence-corrected chi connectivity index (χ0v) is 14.1. The largest absolute Gasteiger partial charge is 0.493 e. The minimum Gasteiger partial charge on any atom is -0.493 e. The summed E-state index contributed by atoms with van der Waals surface area (Å²) in [6.45, 7) is 2.97. The van der Waals surface area contributed by atoms with Gasteiger partial charge in [0.2, 0.25) is 5.91 Å². The van der Waals surface area contributed by atoms with Crippen LogP contribution in [0.25, 0.3) is 0 Å². The van der Waals surface area contributed by atoms with Gasteiger partial charge in [-0.15, -0.1) is 0 Å². The van der Waals surface area contributed by atoms with E-state index in [2.05, 4.69) is 4.98 Å². The standard InChI is InChI=1S/C19H21N3O3/c1-13-7-8-17(21-9-13)19(24)22-10-14(16(11-22)18(20)23)12-25-15-5-3-2-4-6-15/h2-9,14,16H,10-12H2,1H3,(H2,20,23)/t14-,16+/m0/s1. The number of rotatable bonds is 5. The molecule has 2 N–H and O–H groups in total. The number of nitrogens with two attached hydrogens (primary N) is 1. The van der Waals surface area contributed by atoms with E-state index in [0.717, 1.165) is 11.3 Å². The number of aryl methyl sites for hydroxylation is 1. The molecule has 130 valence electrons. The summed E-state index contributed by atoms with van der Waals surface area (Å²) in [6, 6.07) is 12.9. The third-order valence-electron chi connectivity index (χ3n) is 4.43. The molecule has 0 aliphatic carbocycles. The van der Waals surface area contributed by atoms with E-state index in [-0.39, 0.29) is 11.8 Å². The maximum atomic E-state index is 12.6. The van der Waals surface area contributed by atoms with Gasteiger partial charge in [-0.1, -0.05) is 24.3 Å². The van der Waals surface area contributed by atoms with Crippen LogP contribution in [-0.4, -0.2) is 41.4 Å². The topological polar surface area (TPSA) is 85.5 Å². The number of nitrogens with zero attached hydrogens (tertiary/aromatic N) is 2. The molecule has 1 aliphatic heterocycles. The third-order valence-corrected chi connectivity index (χ3v) is 4.43. The fraction of sp³-hybridized carbons (Fsp3) is 0.316. The molecule has 1 aliphatic rings. The number of likely N-dealkylation sites (tertiary alicyclic amines) is 1. The maximum Gasteiger partial charge on any atom is 0.272 e. The fourth-order valence-corrected chi connectivity index (χ4v) is 3.00. The van der Waals surface area contributed by atoms with Crippen LogP contribution in [0.5, 0.6) is 5.75 Å². The zero-order valence-electron chi connectivity index (χ0n) is 14.1.